The molecule has 0 unspecified atom stereocenters. The Hall–Kier alpha value is -0.570. The van der Waals surface area contributed by atoms with Crippen LogP contribution >= 0.6 is 0 Å². The average Bonchev–Trinajstić information content (AvgIpc) is 2.76. The maximum Gasteiger partial charge on any atom is 0.306 e. The highest BCUT2D eigenvalue weighted by molar-refractivity contribution is 5.70. The number of hydrogen-bond acceptors (Lipinski definition) is 3. The molecule has 0 bridgehead atoms. The van der Waals surface area contributed by atoms with E-state index in [4.69, 9.17) is 4.74 Å². The normalized spacial score (nSPS) is 56.1. The summed E-state index contributed by atoms with van der Waals surface area (Å²) in [5.74, 6) is 2.11. The molecule has 1 N–H and O–H groups in total. The molecule has 4 rings (SSSR count). The molecular formula is C18H28O3. The van der Waals surface area contributed by atoms with Gasteiger partial charge in [0.2, 0.25) is 0 Å². The molecule has 0 aromatic rings. The molecule has 118 valence electrons. The Labute approximate surface area is 127 Å². The van der Waals surface area contributed by atoms with E-state index in [1.54, 1.807) is 0 Å². The highest BCUT2D eigenvalue weighted by atomic mass is 16.5. The molecule has 1 heterocycles. The molecule has 3 heteroatoms. The Balaban J connectivity index is 1.64. The minimum Gasteiger partial charge on any atom is -0.462 e. The van der Waals surface area contributed by atoms with Crippen LogP contribution in [0.5, 0.6) is 0 Å². The van der Waals surface area contributed by atoms with Gasteiger partial charge in [-0.05, 0) is 68.1 Å². The van der Waals surface area contributed by atoms with E-state index < -0.39 is 0 Å². The lowest BCUT2D eigenvalue weighted by molar-refractivity contribution is -0.193. The highest BCUT2D eigenvalue weighted by Crippen LogP contribution is 2.64. The summed E-state index contributed by atoms with van der Waals surface area (Å²) in [7, 11) is 0. The van der Waals surface area contributed by atoms with Crippen LogP contribution in [0.4, 0.5) is 0 Å². The van der Waals surface area contributed by atoms with Crippen molar-refractivity contribution >= 4 is 5.97 Å². The van der Waals surface area contributed by atoms with Crippen LogP contribution in [-0.4, -0.2) is 23.3 Å². The van der Waals surface area contributed by atoms with E-state index >= 15 is 0 Å². The number of carbonyl (C=O) groups is 1. The molecule has 0 aromatic carbocycles. The van der Waals surface area contributed by atoms with Gasteiger partial charge in [0.15, 0.2) is 0 Å². The maximum atomic E-state index is 11.6. The number of aliphatic hydroxyl groups excluding tert-OH is 1. The van der Waals surface area contributed by atoms with Gasteiger partial charge in [-0.3, -0.25) is 4.79 Å². The maximum absolute atomic E-state index is 11.6. The number of esters is 1. The molecule has 1 saturated heterocycles. The first-order valence-electron chi connectivity index (χ1n) is 8.83. The first kappa shape index (κ1) is 14.0. The molecular weight excluding hydrogens is 264 g/mol. The molecule has 0 spiro atoms. The predicted octanol–water partition coefficient (Wildman–Crippen LogP) is 3.30. The molecule has 0 radical (unpaired) electrons. The third kappa shape index (κ3) is 1.79. The number of ether oxygens (including phenoxy) is 1. The van der Waals surface area contributed by atoms with Crippen molar-refractivity contribution < 1.29 is 14.6 Å². The van der Waals surface area contributed by atoms with Crippen LogP contribution in [0.15, 0.2) is 0 Å². The SMILES string of the molecule is C[C@]12CCC(=O)O[C@@H]1CC[C@H]1[C@@H]2CC[C@]2(C)[C@@H](O)CC[C@@H]12. The van der Waals surface area contributed by atoms with E-state index in [2.05, 4.69) is 13.8 Å². The van der Waals surface area contributed by atoms with E-state index in [1.165, 1.54) is 19.3 Å². The minimum absolute atomic E-state index is 0.00728. The fourth-order valence-electron chi connectivity index (χ4n) is 6.52. The first-order chi connectivity index (χ1) is 9.95. The molecule has 0 amide bonds. The Bertz CT molecular complexity index is 461. The lowest BCUT2D eigenvalue weighted by atomic mass is 9.48. The van der Waals surface area contributed by atoms with Crippen molar-refractivity contribution in [3.8, 4) is 0 Å². The van der Waals surface area contributed by atoms with Gasteiger partial charge < -0.3 is 9.84 Å². The Morgan fingerprint density at radius 2 is 1.76 bits per heavy atom. The molecule has 1 aliphatic heterocycles. The van der Waals surface area contributed by atoms with Crippen molar-refractivity contribution in [1.82, 2.24) is 0 Å². The van der Waals surface area contributed by atoms with Crippen LogP contribution in [0.2, 0.25) is 0 Å². The second-order valence-electron chi connectivity index (χ2n) is 8.58. The monoisotopic (exact) mass is 292 g/mol. The summed E-state index contributed by atoms with van der Waals surface area (Å²) >= 11 is 0. The van der Waals surface area contributed by atoms with Crippen molar-refractivity contribution in [2.75, 3.05) is 0 Å². The lowest BCUT2D eigenvalue weighted by Gasteiger charge is -2.59. The molecule has 3 aliphatic carbocycles. The van der Waals surface area contributed by atoms with Crippen molar-refractivity contribution in [3.63, 3.8) is 0 Å². The van der Waals surface area contributed by atoms with Gasteiger partial charge in [0, 0.05) is 11.8 Å². The fourth-order valence-corrected chi connectivity index (χ4v) is 6.52. The summed E-state index contributed by atoms with van der Waals surface area (Å²) in [4.78, 5) is 11.6. The largest absolute Gasteiger partial charge is 0.462 e. The zero-order chi connectivity index (χ0) is 14.8. The van der Waals surface area contributed by atoms with E-state index in [1.807, 2.05) is 0 Å². The number of hydrogen-bond donors (Lipinski definition) is 1. The lowest BCUT2D eigenvalue weighted by Crippen LogP contribution is -2.56. The Morgan fingerprint density at radius 1 is 1.00 bits per heavy atom. The second-order valence-corrected chi connectivity index (χ2v) is 8.58. The molecule has 3 saturated carbocycles. The summed E-state index contributed by atoms with van der Waals surface area (Å²) < 4.78 is 5.71. The number of aliphatic hydroxyl groups is 1. The van der Waals surface area contributed by atoms with Gasteiger partial charge in [0.1, 0.15) is 6.10 Å². The summed E-state index contributed by atoms with van der Waals surface area (Å²) in [6.45, 7) is 4.69. The Kier molecular flexibility index (Phi) is 2.99. The van der Waals surface area contributed by atoms with E-state index in [0.29, 0.717) is 18.3 Å². The van der Waals surface area contributed by atoms with Crippen molar-refractivity contribution in [3.05, 3.63) is 0 Å². The van der Waals surface area contributed by atoms with Crippen LogP contribution in [0.3, 0.4) is 0 Å². The molecule has 3 nitrogen and oxygen atoms in total. The van der Waals surface area contributed by atoms with Gasteiger partial charge in [0.25, 0.3) is 0 Å². The molecule has 7 atom stereocenters. The van der Waals surface area contributed by atoms with Crippen molar-refractivity contribution in [2.45, 2.75) is 77.4 Å². The smallest absolute Gasteiger partial charge is 0.306 e. The number of carbonyl (C=O) groups excluding carboxylic acids is 1. The second kappa shape index (κ2) is 4.47. The zero-order valence-corrected chi connectivity index (χ0v) is 13.3. The van der Waals surface area contributed by atoms with Gasteiger partial charge in [-0.1, -0.05) is 13.8 Å². The van der Waals surface area contributed by atoms with Gasteiger partial charge in [0.05, 0.1) is 6.10 Å². The Morgan fingerprint density at radius 3 is 2.57 bits per heavy atom. The minimum atomic E-state index is -0.0989. The summed E-state index contributed by atoms with van der Waals surface area (Å²) in [5.41, 5.74) is 0.335. The predicted molar refractivity (Wildman–Crippen MR) is 79.5 cm³/mol. The quantitative estimate of drug-likeness (QED) is 0.697. The van der Waals surface area contributed by atoms with E-state index in [0.717, 1.165) is 31.6 Å². The van der Waals surface area contributed by atoms with Crippen LogP contribution in [0.25, 0.3) is 0 Å². The zero-order valence-electron chi connectivity index (χ0n) is 13.3. The van der Waals surface area contributed by atoms with Crippen LogP contribution < -0.4 is 0 Å². The third-order valence-corrected chi connectivity index (χ3v) is 7.87. The molecule has 21 heavy (non-hydrogen) atoms. The van der Waals surface area contributed by atoms with Crippen LogP contribution in [0.1, 0.15) is 65.2 Å². The van der Waals surface area contributed by atoms with Gasteiger partial charge in [-0.15, -0.1) is 0 Å². The van der Waals surface area contributed by atoms with Gasteiger partial charge >= 0.3 is 5.97 Å². The summed E-state index contributed by atoms with van der Waals surface area (Å²) in [6, 6.07) is 0. The molecule has 4 fully saturated rings. The summed E-state index contributed by atoms with van der Waals surface area (Å²) in [6.07, 6.45) is 8.41. The van der Waals surface area contributed by atoms with Crippen molar-refractivity contribution in [1.29, 1.82) is 0 Å². The molecule has 0 aromatic heterocycles. The standard InChI is InChI=1S/C18H28O3/c1-17-9-7-13-11(12(17)4-5-14(17)19)3-6-15-18(13,2)10-8-16(20)21-15/h11-15,19H,3-10H2,1-2H3/t11-,12+,13+,14+,15-,17+,18-/m1/s1. The number of fused-ring (bicyclic) bond motifs is 5. The van der Waals surface area contributed by atoms with Crippen LogP contribution in [0, 0.1) is 28.6 Å². The number of rotatable bonds is 0. The fraction of sp³-hybridized carbons (Fsp3) is 0.944. The summed E-state index contributed by atoms with van der Waals surface area (Å²) in [5, 5.41) is 10.4. The third-order valence-electron chi connectivity index (χ3n) is 7.87. The highest BCUT2D eigenvalue weighted by Gasteiger charge is 2.60. The topological polar surface area (TPSA) is 46.5 Å². The molecule has 4 aliphatic rings. The van der Waals surface area contributed by atoms with Crippen molar-refractivity contribution in [2.24, 2.45) is 28.6 Å². The van der Waals surface area contributed by atoms with Crippen LogP contribution in [-0.2, 0) is 9.53 Å². The average molecular weight is 292 g/mol. The van der Waals surface area contributed by atoms with E-state index in [-0.39, 0.29) is 29.0 Å². The van der Waals surface area contributed by atoms with Gasteiger partial charge in [-0.25, -0.2) is 0 Å². The van der Waals surface area contributed by atoms with Gasteiger partial charge in [-0.2, -0.15) is 0 Å². The van der Waals surface area contributed by atoms with E-state index in [9.17, 15) is 9.90 Å². The first-order valence-corrected chi connectivity index (χ1v) is 8.83.